The molecule has 0 saturated carbocycles. The molecule has 0 aliphatic heterocycles. The molecule has 0 spiro atoms. The Balaban J connectivity index is 1.95. The predicted octanol–water partition coefficient (Wildman–Crippen LogP) is 3.31. The molecule has 0 bridgehead atoms. The first-order chi connectivity index (χ1) is 9.69. The molecule has 2 amide bonds. The fraction of sp³-hybridized carbons (Fsp3) is 0.286. The molecule has 0 unspecified atom stereocenters. The summed E-state index contributed by atoms with van der Waals surface area (Å²) in [7, 11) is 0. The van der Waals surface area contributed by atoms with Crippen molar-refractivity contribution < 1.29 is 4.79 Å². The van der Waals surface area contributed by atoms with E-state index in [0.29, 0.717) is 11.7 Å². The van der Waals surface area contributed by atoms with E-state index in [1.54, 1.807) is 0 Å². The molecule has 4 N–H and O–H groups in total. The third kappa shape index (κ3) is 3.96. The van der Waals surface area contributed by atoms with Crippen LogP contribution in [0.3, 0.4) is 0 Å². The number of carbonyl (C=O) groups excluding carboxylic acids is 1. The van der Waals surface area contributed by atoms with Gasteiger partial charge in [-0.1, -0.05) is 25.5 Å². The minimum Gasteiger partial charge on any atom is -0.399 e. The van der Waals surface area contributed by atoms with Crippen molar-refractivity contribution in [2.75, 3.05) is 17.6 Å². The number of anilines is 2. The lowest BCUT2D eigenvalue weighted by molar-refractivity contribution is 0.252. The predicted molar refractivity (Wildman–Crippen MR) is 83.9 cm³/mol. The molecule has 1 heterocycles. The van der Waals surface area contributed by atoms with E-state index in [1.807, 2.05) is 29.6 Å². The summed E-state index contributed by atoms with van der Waals surface area (Å²) in [5.41, 5.74) is 8.18. The van der Waals surface area contributed by atoms with Crippen LogP contribution in [0.25, 0.3) is 11.3 Å². The van der Waals surface area contributed by atoms with Gasteiger partial charge in [-0.15, -0.1) is 11.3 Å². The van der Waals surface area contributed by atoms with E-state index in [4.69, 9.17) is 5.73 Å². The average molecular weight is 290 g/mol. The van der Waals surface area contributed by atoms with Gasteiger partial charge >= 0.3 is 6.03 Å². The van der Waals surface area contributed by atoms with Crippen LogP contribution in [-0.2, 0) is 0 Å². The van der Waals surface area contributed by atoms with Gasteiger partial charge in [-0.2, -0.15) is 0 Å². The fourth-order valence-corrected chi connectivity index (χ4v) is 2.35. The molecule has 0 aliphatic rings. The van der Waals surface area contributed by atoms with Crippen molar-refractivity contribution in [2.45, 2.75) is 19.8 Å². The maximum atomic E-state index is 11.6. The van der Waals surface area contributed by atoms with Gasteiger partial charge in [0.25, 0.3) is 0 Å². The topological polar surface area (TPSA) is 80.0 Å². The zero-order valence-electron chi connectivity index (χ0n) is 11.3. The van der Waals surface area contributed by atoms with Crippen LogP contribution in [0.5, 0.6) is 0 Å². The van der Waals surface area contributed by atoms with Crippen LogP contribution < -0.4 is 16.4 Å². The number of urea groups is 1. The fourth-order valence-electron chi connectivity index (χ4n) is 1.64. The maximum Gasteiger partial charge on any atom is 0.321 e. The summed E-state index contributed by atoms with van der Waals surface area (Å²) in [5, 5.41) is 8.02. The van der Waals surface area contributed by atoms with E-state index in [-0.39, 0.29) is 6.03 Å². The van der Waals surface area contributed by atoms with Crippen molar-refractivity contribution in [2.24, 2.45) is 0 Å². The number of nitrogens with two attached hydrogens (primary N) is 1. The number of nitrogens with zero attached hydrogens (tertiary/aromatic N) is 1. The molecule has 20 heavy (non-hydrogen) atoms. The smallest absolute Gasteiger partial charge is 0.321 e. The van der Waals surface area contributed by atoms with Crippen LogP contribution >= 0.6 is 11.3 Å². The molecule has 6 heteroatoms. The largest absolute Gasteiger partial charge is 0.399 e. The second kappa shape index (κ2) is 6.91. The SMILES string of the molecule is CCCCNC(=O)Nc1nc(-c2ccc(N)cc2)cs1. The second-order valence-electron chi connectivity index (χ2n) is 4.39. The Morgan fingerprint density at radius 1 is 1.35 bits per heavy atom. The zero-order chi connectivity index (χ0) is 14.4. The highest BCUT2D eigenvalue weighted by molar-refractivity contribution is 7.14. The average Bonchev–Trinajstić information content (AvgIpc) is 2.88. The number of hydrogen-bond acceptors (Lipinski definition) is 4. The third-order valence-corrected chi connectivity index (χ3v) is 3.50. The van der Waals surface area contributed by atoms with Crippen molar-refractivity contribution in [3.8, 4) is 11.3 Å². The van der Waals surface area contributed by atoms with E-state index < -0.39 is 0 Å². The van der Waals surface area contributed by atoms with Gasteiger partial charge in [0.15, 0.2) is 5.13 Å². The van der Waals surface area contributed by atoms with Crippen LogP contribution in [0.15, 0.2) is 29.6 Å². The molecular weight excluding hydrogens is 272 g/mol. The summed E-state index contributed by atoms with van der Waals surface area (Å²) in [4.78, 5) is 16.0. The van der Waals surface area contributed by atoms with E-state index in [9.17, 15) is 4.79 Å². The molecule has 0 aliphatic carbocycles. The molecule has 0 atom stereocenters. The summed E-state index contributed by atoms with van der Waals surface area (Å²) < 4.78 is 0. The van der Waals surface area contributed by atoms with Gasteiger partial charge in [0.05, 0.1) is 5.69 Å². The number of aromatic nitrogens is 1. The Kier molecular flexibility index (Phi) is 4.95. The van der Waals surface area contributed by atoms with Crippen LogP contribution in [0.4, 0.5) is 15.6 Å². The lowest BCUT2D eigenvalue weighted by Crippen LogP contribution is -2.29. The molecule has 2 rings (SSSR count). The molecule has 1 aromatic heterocycles. The summed E-state index contributed by atoms with van der Waals surface area (Å²) in [6.07, 6.45) is 2.03. The lowest BCUT2D eigenvalue weighted by atomic mass is 10.1. The number of carbonyl (C=O) groups is 1. The highest BCUT2D eigenvalue weighted by Gasteiger charge is 2.07. The normalized spacial score (nSPS) is 10.2. The van der Waals surface area contributed by atoms with Crippen molar-refractivity contribution in [3.05, 3.63) is 29.6 Å². The molecule has 0 fully saturated rings. The first-order valence-electron chi connectivity index (χ1n) is 6.55. The highest BCUT2D eigenvalue weighted by Crippen LogP contribution is 2.25. The van der Waals surface area contributed by atoms with Gasteiger partial charge in [-0.3, -0.25) is 5.32 Å². The van der Waals surface area contributed by atoms with E-state index in [2.05, 4.69) is 22.5 Å². The number of rotatable bonds is 5. The van der Waals surface area contributed by atoms with Gasteiger partial charge in [-0.05, 0) is 18.6 Å². The van der Waals surface area contributed by atoms with Gasteiger partial charge in [0, 0.05) is 23.2 Å². The number of unbranched alkanes of at least 4 members (excludes halogenated alkanes) is 1. The van der Waals surface area contributed by atoms with Crippen LogP contribution in [-0.4, -0.2) is 17.6 Å². The lowest BCUT2D eigenvalue weighted by Gasteiger charge is -2.03. The monoisotopic (exact) mass is 290 g/mol. The summed E-state index contributed by atoms with van der Waals surface area (Å²) in [6.45, 7) is 2.76. The molecule has 5 nitrogen and oxygen atoms in total. The van der Waals surface area contributed by atoms with Crippen molar-refractivity contribution in [1.29, 1.82) is 0 Å². The minimum atomic E-state index is -0.211. The Morgan fingerprint density at radius 3 is 2.80 bits per heavy atom. The van der Waals surface area contributed by atoms with Crippen LogP contribution in [0.1, 0.15) is 19.8 Å². The van der Waals surface area contributed by atoms with Gasteiger partial charge < -0.3 is 11.1 Å². The third-order valence-electron chi connectivity index (χ3n) is 2.75. The van der Waals surface area contributed by atoms with Crippen LogP contribution in [0.2, 0.25) is 0 Å². The Bertz CT molecular complexity index is 565. The molecule has 106 valence electrons. The van der Waals surface area contributed by atoms with Gasteiger partial charge in [0.2, 0.25) is 0 Å². The second-order valence-corrected chi connectivity index (χ2v) is 5.25. The molecule has 2 aromatic rings. The molecular formula is C14H18N4OS. The van der Waals surface area contributed by atoms with E-state index >= 15 is 0 Å². The summed E-state index contributed by atoms with van der Waals surface area (Å²) >= 11 is 1.40. The zero-order valence-corrected chi connectivity index (χ0v) is 12.2. The number of benzene rings is 1. The van der Waals surface area contributed by atoms with Gasteiger partial charge in [0.1, 0.15) is 0 Å². The Morgan fingerprint density at radius 2 is 2.10 bits per heavy atom. The Labute approximate surface area is 122 Å². The number of thiazole rings is 1. The van der Waals surface area contributed by atoms with Crippen LogP contribution in [0, 0.1) is 0 Å². The minimum absolute atomic E-state index is 0.211. The number of hydrogen-bond donors (Lipinski definition) is 3. The maximum absolute atomic E-state index is 11.6. The Hall–Kier alpha value is -2.08. The van der Waals surface area contributed by atoms with E-state index in [0.717, 1.165) is 29.8 Å². The summed E-state index contributed by atoms with van der Waals surface area (Å²) in [6, 6.07) is 7.28. The number of nitrogens with one attached hydrogen (secondary N) is 2. The van der Waals surface area contributed by atoms with Gasteiger partial charge in [-0.25, -0.2) is 9.78 Å². The van der Waals surface area contributed by atoms with Crippen molar-refractivity contribution in [1.82, 2.24) is 10.3 Å². The van der Waals surface area contributed by atoms with E-state index in [1.165, 1.54) is 11.3 Å². The summed E-state index contributed by atoms with van der Waals surface area (Å²) in [5.74, 6) is 0. The molecule has 1 aromatic carbocycles. The number of nitrogen functional groups attached to an aromatic ring is 1. The van der Waals surface area contributed by atoms with Crippen molar-refractivity contribution in [3.63, 3.8) is 0 Å². The highest BCUT2D eigenvalue weighted by atomic mass is 32.1. The first-order valence-corrected chi connectivity index (χ1v) is 7.43. The van der Waals surface area contributed by atoms with Crippen molar-refractivity contribution >= 4 is 28.2 Å². The first kappa shape index (κ1) is 14.3. The standard InChI is InChI=1S/C14H18N4OS/c1-2-3-8-16-13(19)18-14-17-12(9-20-14)10-4-6-11(15)7-5-10/h4-7,9H,2-3,8,15H2,1H3,(H2,16,17,18,19). The molecule has 0 saturated heterocycles. The number of amides is 2. The quantitative estimate of drug-likeness (QED) is 0.584. The molecule has 0 radical (unpaired) electrons.